The van der Waals surface area contributed by atoms with Crippen LogP contribution in [0.5, 0.6) is 11.5 Å². The summed E-state index contributed by atoms with van der Waals surface area (Å²) in [5.41, 5.74) is 2.93. The van der Waals surface area contributed by atoms with Gasteiger partial charge in [-0.05, 0) is 49.7 Å². The van der Waals surface area contributed by atoms with Gasteiger partial charge in [-0.3, -0.25) is 9.48 Å². The standard InChI is InChI=1S/C19H19N3O4/c1-12-7-13(2)22(21-12)10-15-4-6-17(26-15)19(23)20-9-14-3-5-16-18(8-14)25-11-24-16/h3-8H,9-11H2,1-2H3,(H,20,23). The molecule has 134 valence electrons. The molecule has 1 aromatic carbocycles. The van der Waals surface area contributed by atoms with Crippen molar-refractivity contribution < 1.29 is 18.7 Å². The van der Waals surface area contributed by atoms with Crippen LogP contribution >= 0.6 is 0 Å². The molecule has 26 heavy (non-hydrogen) atoms. The SMILES string of the molecule is Cc1cc(C)n(Cc2ccc(C(=O)NCc3ccc4c(c3)OCO4)o2)n1. The summed E-state index contributed by atoms with van der Waals surface area (Å²) < 4.78 is 18.1. The first-order valence-electron chi connectivity index (χ1n) is 8.35. The minimum Gasteiger partial charge on any atom is -0.454 e. The number of nitrogens with one attached hydrogen (secondary N) is 1. The number of benzene rings is 1. The van der Waals surface area contributed by atoms with Crippen molar-refractivity contribution in [2.75, 3.05) is 6.79 Å². The topological polar surface area (TPSA) is 78.5 Å². The Kier molecular flexibility index (Phi) is 4.12. The summed E-state index contributed by atoms with van der Waals surface area (Å²) in [6.45, 7) is 5.04. The molecule has 0 aliphatic carbocycles. The van der Waals surface area contributed by atoms with E-state index >= 15 is 0 Å². The minimum absolute atomic E-state index is 0.232. The Hall–Kier alpha value is -3.22. The molecule has 0 radical (unpaired) electrons. The molecule has 0 spiro atoms. The van der Waals surface area contributed by atoms with Crippen LogP contribution in [0.25, 0.3) is 0 Å². The highest BCUT2D eigenvalue weighted by molar-refractivity contribution is 5.91. The molecule has 3 aromatic rings. The third-order valence-electron chi connectivity index (χ3n) is 4.18. The molecular formula is C19H19N3O4. The smallest absolute Gasteiger partial charge is 0.287 e. The van der Waals surface area contributed by atoms with E-state index in [-0.39, 0.29) is 18.5 Å². The van der Waals surface area contributed by atoms with Gasteiger partial charge in [-0.1, -0.05) is 6.07 Å². The Balaban J connectivity index is 1.38. The molecule has 0 saturated heterocycles. The molecule has 0 fully saturated rings. The van der Waals surface area contributed by atoms with Crippen LogP contribution in [0.2, 0.25) is 0 Å². The number of carbonyl (C=O) groups excluding carboxylic acids is 1. The number of ether oxygens (including phenoxy) is 2. The van der Waals surface area contributed by atoms with Gasteiger partial charge in [0.2, 0.25) is 6.79 Å². The van der Waals surface area contributed by atoms with E-state index in [1.807, 2.05) is 42.8 Å². The number of aromatic nitrogens is 2. The third kappa shape index (κ3) is 3.28. The van der Waals surface area contributed by atoms with Crippen LogP contribution in [0.3, 0.4) is 0 Å². The molecule has 0 unspecified atom stereocenters. The quantitative estimate of drug-likeness (QED) is 0.763. The number of aryl methyl sites for hydroxylation is 2. The summed E-state index contributed by atoms with van der Waals surface area (Å²) in [5, 5.41) is 7.25. The third-order valence-corrected chi connectivity index (χ3v) is 4.18. The van der Waals surface area contributed by atoms with Crippen molar-refractivity contribution in [3.63, 3.8) is 0 Å². The van der Waals surface area contributed by atoms with Gasteiger partial charge in [-0.15, -0.1) is 0 Å². The van der Waals surface area contributed by atoms with Gasteiger partial charge in [0.05, 0.1) is 12.2 Å². The molecule has 4 rings (SSSR count). The number of nitrogens with zero attached hydrogens (tertiary/aromatic N) is 2. The Morgan fingerprint density at radius 1 is 1.15 bits per heavy atom. The molecule has 1 aliphatic heterocycles. The van der Waals surface area contributed by atoms with Gasteiger partial charge in [-0.25, -0.2) is 0 Å². The summed E-state index contributed by atoms with van der Waals surface area (Å²) >= 11 is 0. The molecule has 3 heterocycles. The van der Waals surface area contributed by atoms with Crippen LogP contribution in [0.1, 0.15) is 33.3 Å². The van der Waals surface area contributed by atoms with Crippen molar-refractivity contribution in [2.24, 2.45) is 0 Å². The monoisotopic (exact) mass is 353 g/mol. The van der Waals surface area contributed by atoms with E-state index < -0.39 is 0 Å². The van der Waals surface area contributed by atoms with Crippen LogP contribution in [0.15, 0.2) is 40.8 Å². The molecular weight excluding hydrogens is 334 g/mol. The van der Waals surface area contributed by atoms with Gasteiger partial charge >= 0.3 is 0 Å². The Labute approximate surface area is 150 Å². The highest BCUT2D eigenvalue weighted by atomic mass is 16.7. The number of hydrogen-bond donors (Lipinski definition) is 1. The van der Waals surface area contributed by atoms with Crippen molar-refractivity contribution in [3.05, 3.63) is 64.9 Å². The van der Waals surface area contributed by atoms with E-state index in [2.05, 4.69) is 10.4 Å². The molecule has 2 aromatic heterocycles. The van der Waals surface area contributed by atoms with E-state index in [4.69, 9.17) is 13.9 Å². The summed E-state index contributed by atoms with van der Waals surface area (Å²) in [6.07, 6.45) is 0. The van der Waals surface area contributed by atoms with Crippen molar-refractivity contribution in [1.82, 2.24) is 15.1 Å². The maximum atomic E-state index is 12.3. The first kappa shape index (κ1) is 16.3. The fourth-order valence-corrected chi connectivity index (χ4v) is 2.89. The average molecular weight is 353 g/mol. The Bertz CT molecular complexity index is 958. The van der Waals surface area contributed by atoms with Gasteiger partial charge < -0.3 is 19.2 Å². The minimum atomic E-state index is -0.262. The number of rotatable bonds is 5. The lowest BCUT2D eigenvalue weighted by atomic mass is 10.2. The maximum absolute atomic E-state index is 12.3. The normalized spacial score (nSPS) is 12.4. The molecule has 0 saturated carbocycles. The molecule has 7 heteroatoms. The van der Waals surface area contributed by atoms with Crippen molar-refractivity contribution >= 4 is 5.91 Å². The predicted octanol–water partition coefficient (Wildman–Crippen LogP) is 2.80. The summed E-state index contributed by atoms with van der Waals surface area (Å²) in [4.78, 5) is 12.3. The van der Waals surface area contributed by atoms with E-state index in [9.17, 15) is 4.79 Å². The molecule has 1 aliphatic rings. The number of fused-ring (bicyclic) bond motifs is 1. The van der Waals surface area contributed by atoms with Crippen LogP contribution in [-0.4, -0.2) is 22.5 Å². The van der Waals surface area contributed by atoms with E-state index in [1.54, 1.807) is 12.1 Å². The second-order valence-electron chi connectivity index (χ2n) is 6.22. The summed E-state index contributed by atoms with van der Waals surface area (Å²) in [7, 11) is 0. The van der Waals surface area contributed by atoms with E-state index in [1.165, 1.54) is 0 Å². The fraction of sp³-hybridized carbons (Fsp3) is 0.263. The summed E-state index contributed by atoms with van der Waals surface area (Å²) in [5.74, 6) is 2.12. The Morgan fingerprint density at radius 3 is 2.81 bits per heavy atom. The maximum Gasteiger partial charge on any atom is 0.287 e. The lowest BCUT2D eigenvalue weighted by Crippen LogP contribution is -2.22. The predicted molar refractivity (Wildman–Crippen MR) is 93.2 cm³/mol. The van der Waals surface area contributed by atoms with Crippen molar-refractivity contribution in [2.45, 2.75) is 26.9 Å². The fourth-order valence-electron chi connectivity index (χ4n) is 2.89. The van der Waals surface area contributed by atoms with Gasteiger partial charge in [0, 0.05) is 12.2 Å². The van der Waals surface area contributed by atoms with Crippen LogP contribution < -0.4 is 14.8 Å². The highest BCUT2D eigenvalue weighted by Gasteiger charge is 2.15. The lowest BCUT2D eigenvalue weighted by molar-refractivity contribution is 0.0921. The largest absolute Gasteiger partial charge is 0.454 e. The molecule has 1 N–H and O–H groups in total. The molecule has 7 nitrogen and oxygen atoms in total. The zero-order chi connectivity index (χ0) is 18.1. The molecule has 1 amide bonds. The van der Waals surface area contributed by atoms with Crippen LogP contribution in [-0.2, 0) is 13.1 Å². The zero-order valence-electron chi connectivity index (χ0n) is 14.6. The van der Waals surface area contributed by atoms with Crippen molar-refractivity contribution in [3.8, 4) is 11.5 Å². The van der Waals surface area contributed by atoms with E-state index in [0.717, 1.165) is 22.7 Å². The summed E-state index contributed by atoms with van der Waals surface area (Å²) in [6, 6.07) is 11.1. The second-order valence-corrected chi connectivity index (χ2v) is 6.22. The van der Waals surface area contributed by atoms with Crippen LogP contribution in [0.4, 0.5) is 0 Å². The first-order valence-corrected chi connectivity index (χ1v) is 8.35. The first-order chi connectivity index (χ1) is 12.6. The van der Waals surface area contributed by atoms with Crippen LogP contribution in [0, 0.1) is 13.8 Å². The average Bonchev–Trinajstić information content (AvgIpc) is 3.33. The number of hydrogen-bond acceptors (Lipinski definition) is 5. The molecule has 0 bridgehead atoms. The molecule has 0 atom stereocenters. The van der Waals surface area contributed by atoms with Gasteiger partial charge in [0.15, 0.2) is 17.3 Å². The highest BCUT2D eigenvalue weighted by Crippen LogP contribution is 2.32. The van der Waals surface area contributed by atoms with E-state index in [0.29, 0.717) is 24.6 Å². The van der Waals surface area contributed by atoms with Gasteiger partial charge in [-0.2, -0.15) is 5.10 Å². The second kappa shape index (κ2) is 6.59. The zero-order valence-corrected chi connectivity index (χ0v) is 14.6. The van der Waals surface area contributed by atoms with Crippen molar-refractivity contribution in [1.29, 1.82) is 0 Å². The lowest BCUT2D eigenvalue weighted by Gasteiger charge is -2.05. The van der Waals surface area contributed by atoms with Gasteiger partial charge in [0.25, 0.3) is 5.91 Å². The number of furan rings is 1. The van der Waals surface area contributed by atoms with Gasteiger partial charge in [0.1, 0.15) is 5.76 Å². The number of carbonyl (C=O) groups is 1. The Morgan fingerprint density at radius 2 is 2.00 bits per heavy atom. The number of amides is 1.